The minimum atomic E-state index is -0.272. The molecule has 1 aromatic carbocycles. The van der Waals surface area contributed by atoms with Gasteiger partial charge in [0.2, 0.25) is 0 Å². The molecule has 1 saturated heterocycles. The summed E-state index contributed by atoms with van der Waals surface area (Å²) in [5.41, 5.74) is 2.65. The minimum absolute atomic E-state index is 0.261. The van der Waals surface area contributed by atoms with Crippen LogP contribution in [0.2, 0.25) is 0 Å². The molecule has 2 aliphatic rings. The predicted molar refractivity (Wildman–Crippen MR) is 82.4 cm³/mol. The van der Waals surface area contributed by atoms with Gasteiger partial charge in [-0.05, 0) is 54.6 Å². The van der Waals surface area contributed by atoms with Gasteiger partial charge in [-0.1, -0.05) is 18.2 Å². The number of benzene rings is 1. The van der Waals surface area contributed by atoms with Gasteiger partial charge in [-0.3, -0.25) is 14.9 Å². The number of carbonyl (C=O) groups excluding carboxylic acids is 2. The maximum atomic E-state index is 11.3. The second kappa shape index (κ2) is 6.35. The number of rotatable bonds is 5. The van der Waals surface area contributed by atoms with Gasteiger partial charge in [0.05, 0.1) is 11.5 Å². The first-order valence-corrected chi connectivity index (χ1v) is 8.02. The van der Waals surface area contributed by atoms with Crippen LogP contribution in [0.5, 0.6) is 5.75 Å². The average molecular weight is 303 g/mol. The first-order chi connectivity index (χ1) is 10.2. The van der Waals surface area contributed by atoms with Crippen LogP contribution >= 0.6 is 11.8 Å². The third-order valence-electron chi connectivity index (χ3n) is 3.65. The average Bonchev–Trinajstić information content (AvgIpc) is 3.04. The number of nitrogens with one attached hydrogen (secondary N) is 1. The van der Waals surface area contributed by atoms with Gasteiger partial charge in [-0.2, -0.15) is 0 Å². The van der Waals surface area contributed by atoms with Gasteiger partial charge in [0, 0.05) is 6.42 Å². The van der Waals surface area contributed by atoms with Crippen molar-refractivity contribution in [2.45, 2.75) is 32.1 Å². The second-order valence-electron chi connectivity index (χ2n) is 5.20. The highest BCUT2D eigenvalue weighted by Crippen LogP contribution is 2.27. The van der Waals surface area contributed by atoms with Crippen LogP contribution in [-0.2, 0) is 17.6 Å². The van der Waals surface area contributed by atoms with E-state index in [1.165, 1.54) is 11.1 Å². The Bertz CT molecular complexity index is 610. The molecule has 0 aromatic heterocycles. The van der Waals surface area contributed by atoms with E-state index in [4.69, 9.17) is 4.74 Å². The Morgan fingerprint density at radius 2 is 2.19 bits per heavy atom. The van der Waals surface area contributed by atoms with E-state index in [0.29, 0.717) is 4.91 Å². The van der Waals surface area contributed by atoms with Crippen LogP contribution < -0.4 is 10.1 Å². The lowest BCUT2D eigenvalue weighted by atomic mass is 10.0. The van der Waals surface area contributed by atoms with E-state index in [1.807, 2.05) is 6.08 Å². The summed E-state index contributed by atoms with van der Waals surface area (Å²) in [5, 5.41) is 1.99. The molecule has 21 heavy (non-hydrogen) atoms. The smallest absolute Gasteiger partial charge is 0.290 e. The van der Waals surface area contributed by atoms with Crippen LogP contribution in [0, 0.1) is 0 Å². The fourth-order valence-corrected chi connectivity index (χ4v) is 3.25. The molecule has 2 amide bonds. The Labute approximate surface area is 127 Å². The predicted octanol–water partition coefficient (Wildman–Crippen LogP) is 3.20. The SMILES string of the molecule is O=C1NC(=O)C(=CCCCCc2ccc3c(c2)CCO3)S1. The fraction of sp³-hybridized carbons (Fsp3) is 0.375. The van der Waals surface area contributed by atoms with E-state index in [0.717, 1.165) is 56.2 Å². The lowest BCUT2D eigenvalue weighted by Gasteiger charge is -2.03. The van der Waals surface area contributed by atoms with Gasteiger partial charge in [0.15, 0.2) is 0 Å². The van der Waals surface area contributed by atoms with Gasteiger partial charge in [0.1, 0.15) is 5.75 Å². The Kier molecular flexibility index (Phi) is 4.29. The molecule has 4 nitrogen and oxygen atoms in total. The first-order valence-electron chi connectivity index (χ1n) is 7.20. The number of allylic oxidation sites excluding steroid dienone is 1. The van der Waals surface area contributed by atoms with Gasteiger partial charge in [-0.25, -0.2) is 0 Å². The summed E-state index contributed by atoms with van der Waals surface area (Å²) in [5.74, 6) is 0.765. The van der Waals surface area contributed by atoms with Gasteiger partial charge >= 0.3 is 0 Å². The molecule has 0 spiro atoms. The highest BCUT2D eigenvalue weighted by Gasteiger charge is 2.24. The second-order valence-corrected chi connectivity index (χ2v) is 6.21. The molecule has 2 aliphatic heterocycles. The number of ether oxygens (including phenoxy) is 1. The number of amides is 2. The molecule has 1 fully saturated rings. The van der Waals surface area contributed by atoms with Crippen molar-refractivity contribution < 1.29 is 14.3 Å². The molecule has 2 heterocycles. The Morgan fingerprint density at radius 1 is 1.29 bits per heavy atom. The van der Waals surface area contributed by atoms with Crippen molar-refractivity contribution in [3.63, 3.8) is 0 Å². The van der Waals surface area contributed by atoms with Crippen LogP contribution in [0.3, 0.4) is 0 Å². The van der Waals surface area contributed by atoms with Crippen LogP contribution in [0.4, 0.5) is 4.79 Å². The summed E-state index contributed by atoms with van der Waals surface area (Å²) in [6.45, 7) is 0.796. The summed E-state index contributed by atoms with van der Waals surface area (Å²) in [4.78, 5) is 22.9. The number of fused-ring (bicyclic) bond motifs is 1. The van der Waals surface area contributed by atoms with Crippen molar-refractivity contribution in [3.8, 4) is 5.75 Å². The van der Waals surface area contributed by atoms with Gasteiger partial charge < -0.3 is 4.74 Å². The molecule has 0 atom stereocenters. The number of aryl methyl sites for hydroxylation is 1. The van der Waals surface area contributed by atoms with E-state index in [9.17, 15) is 9.59 Å². The maximum Gasteiger partial charge on any atom is 0.290 e. The zero-order valence-electron chi connectivity index (χ0n) is 11.7. The molecular weight excluding hydrogens is 286 g/mol. The van der Waals surface area contributed by atoms with Crippen molar-refractivity contribution in [3.05, 3.63) is 40.3 Å². The maximum absolute atomic E-state index is 11.3. The highest BCUT2D eigenvalue weighted by molar-refractivity contribution is 8.18. The number of thioether (sulfide) groups is 1. The molecule has 5 heteroatoms. The van der Waals surface area contributed by atoms with Crippen molar-refractivity contribution in [2.75, 3.05) is 6.61 Å². The Balaban J connectivity index is 1.43. The highest BCUT2D eigenvalue weighted by atomic mass is 32.2. The molecule has 0 bridgehead atoms. The van der Waals surface area contributed by atoms with Crippen molar-refractivity contribution >= 4 is 22.9 Å². The standard InChI is InChI=1S/C16H17NO3S/c18-15-14(21-16(19)17-15)5-3-1-2-4-11-6-7-13-12(10-11)8-9-20-13/h5-7,10H,1-4,8-9H2,(H,17,18,19). The summed E-state index contributed by atoms with van der Waals surface area (Å²) in [7, 11) is 0. The molecule has 0 unspecified atom stereocenters. The molecule has 0 aliphatic carbocycles. The number of imide groups is 1. The molecule has 0 radical (unpaired) electrons. The Morgan fingerprint density at radius 3 is 3.00 bits per heavy atom. The number of carbonyl (C=O) groups is 2. The zero-order valence-corrected chi connectivity index (χ0v) is 12.5. The Hall–Kier alpha value is -1.75. The van der Waals surface area contributed by atoms with Crippen LogP contribution in [0.15, 0.2) is 29.2 Å². The molecule has 0 saturated carbocycles. The van der Waals surface area contributed by atoms with Crippen molar-refractivity contribution in [2.24, 2.45) is 0 Å². The first kappa shape index (κ1) is 14.2. The van der Waals surface area contributed by atoms with E-state index in [1.54, 1.807) is 0 Å². The van der Waals surface area contributed by atoms with Crippen molar-refractivity contribution in [1.29, 1.82) is 0 Å². The van der Waals surface area contributed by atoms with Crippen LogP contribution in [0.25, 0.3) is 0 Å². The van der Waals surface area contributed by atoms with E-state index < -0.39 is 0 Å². The molecule has 3 rings (SSSR count). The fourth-order valence-electron chi connectivity index (χ4n) is 2.56. The number of hydrogen-bond acceptors (Lipinski definition) is 4. The lowest BCUT2D eigenvalue weighted by molar-refractivity contribution is -0.115. The van der Waals surface area contributed by atoms with Crippen molar-refractivity contribution in [1.82, 2.24) is 5.32 Å². The topological polar surface area (TPSA) is 55.4 Å². The zero-order chi connectivity index (χ0) is 14.7. The number of unbranched alkanes of at least 4 members (excludes halogenated alkanes) is 2. The van der Waals surface area contributed by atoms with E-state index in [-0.39, 0.29) is 11.1 Å². The van der Waals surface area contributed by atoms with E-state index >= 15 is 0 Å². The molecular formula is C16H17NO3S. The van der Waals surface area contributed by atoms with Crippen LogP contribution in [0.1, 0.15) is 30.4 Å². The summed E-state index contributed by atoms with van der Waals surface area (Å²) >= 11 is 0.989. The lowest BCUT2D eigenvalue weighted by Crippen LogP contribution is -2.17. The normalized spacial score (nSPS) is 18.8. The van der Waals surface area contributed by atoms with E-state index in [2.05, 4.69) is 23.5 Å². The minimum Gasteiger partial charge on any atom is -0.493 e. The van der Waals surface area contributed by atoms with Gasteiger partial charge in [-0.15, -0.1) is 0 Å². The third-order valence-corrected chi connectivity index (χ3v) is 4.50. The molecule has 110 valence electrons. The quantitative estimate of drug-likeness (QED) is 0.670. The van der Waals surface area contributed by atoms with Gasteiger partial charge in [0.25, 0.3) is 11.1 Å². The summed E-state index contributed by atoms with van der Waals surface area (Å²) in [6.07, 6.45) is 6.83. The number of hydrogen-bond donors (Lipinski definition) is 1. The third kappa shape index (κ3) is 3.47. The summed E-state index contributed by atoms with van der Waals surface area (Å²) in [6, 6.07) is 6.42. The molecule has 1 aromatic rings. The molecule has 1 N–H and O–H groups in total. The summed E-state index contributed by atoms with van der Waals surface area (Å²) < 4.78 is 5.50. The van der Waals surface area contributed by atoms with Crippen LogP contribution in [-0.4, -0.2) is 17.8 Å². The monoisotopic (exact) mass is 303 g/mol. The largest absolute Gasteiger partial charge is 0.493 e.